The second-order valence-electron chi connectivity index (χ2n) is 9.44. The third kappa shape index (κ3) is 5.53. The molecule has 1 aliphatic heterocycles. The van der Waals surface area contributed by atoms with Crippen molar-refractivity contribution in [3.8, 4) is 5.75 Å². The van der Waals surface area contributed by atoms with Crippen molar-refractivity contribution in [2.45, 2.75) is 57.9 Å². The van der Waals surface area contributed by atoms with Crippen LogP contribution in [-0.2, 0) is 9.26 Å². The van der Waals surface area contributed by atoms with Gasteiger partial charge in [-0.15, -0.1) is 0 Å². The lowest BCUT2D eigenvalue weighted by atomic mass is 10.1. The maximum atomic E-state index is 6.42. The number of hydrogen-bond acceptors (Lipinski definition) is 9. The minimum absolute atomic E-state index is 0.0625. The molecule has 0 amide bonds. The first-order chi connectivity index (χ1) is 16.8. The van der Waals surface area contributed by atoms with Crippen molar-refractivity contribution < 1.29 is 13.8 Å². The molecule has 5 rings (SSSR count). The minimum atomic E-state index is -1.34. The number of nitrogens with two attached hydrogens (primary N) is 1. The van der Waals surface area contributed by atoms with Gasteiger partial charge < -0.3 is 13.8 Å². The van der Waals surface area contributed by atoms with Crippen molar-refractivity contribution in [3.05, 3.63) is 41.9 Å². The van der Waals surface area contributed by atoms with Crippen LogP contribution >= 0.6 is 20.1 Å². The van der Waals surface area contributed by atoms with Crippen molar-refractivity contribution >= 4 is 37.1 Å². The lowest BCUT2D eigenvalue weighted by Crippen LogP contribution is -2.31. The lowest BCUT2D eigenvalue weighted by molar-refractivity contribution is -0.0251. The van der Waals surface area contributed by atoms with E-state index in [0.717, 1.165) is 25.0 Å². The Hall–Kier alpha value is -2.07. The maximum Gasteiger partial charge on any atom is 0.318 e. The SMILES string of the molecule is CCN(N)c1ncnc2c1ncn2C1OC(COP(NC2(C)CC2)Oc2ccc(Cl)cc2)CC1C. The Morgan fingerprint density at radius 1 is 1.29 bits per heavy atom. The summed E-state index contributed by atoms with van der Waals surface area (Å²) < 4.78 is 20.8. The highest BCUT2D eigenvalue weighted by Gasteiger charge is 2.41. The highest BCUT2D eigenvalue weighted by atomic mass is 35.5. The molecular formula is C23H31ClN7O3P. The zero-order valence-electron chi connectivity index (χ0n) is 20.1. The van der Waals surface area contributed by atoms with E-state index in [0.29, 0.717) is 35.2 Å². The number of rotatable bonds is 10. The van der Waals surface area contributed by atoms with Crippen LogP contribution in [0.2, 0.25) is 5.02 Å². The molecule has 4 unspecified atom stereocenters. The van der Waals surface area contributed by atoms with Gasteiger partial charge in [-0.2, -0.15) is 0 Å². The predicted molar refractivity (Wildman–Crippen MR) is 136 cm³/mol. The van der Waals surface area contributed by atoms with Crippen molar-refractivity contribution in [3.63, 3.8) is 0 Å². The average molecular weight is 520 g/mol. The Balaban J connectivity index is 1.26. The highest BCUT2D eigenvalue weighted by molar-refractivity contribution is 7.45. The Labute approximate surface area is 211 Å². The summed E-state index contributed by atoms with van der Waals surface area (Å²) >= 11 is 6.01. The first kappa shape index (κ1) is 24.6. The summed E-state index contributed by atoms with van der Waals surface area (Å²) in [6.07, 6.45) is 6.04. The Bertz CT molecular complexity index is 1160. The second kappa shape index (κ2) is 10.1. The molecule has 188 valence electrons. The molecule has 2 fully saturated rings. The molecule has 1 saturated carbocycles. The largest absolute Gasteiger partial charge is 0.436 e. The smallest absolute Gasteiger partial charge is 0.318 e. The van der Waals surface area contributed by atoms with E-state index in [1.165, 1.54) is 6.33 Å². The van der Waals surface area contributed by atoms with E-state index in [-0.39, 0.29) is 23.8 Å². The molecule has 4 atom stereocenters. The van der Waals surface area contributed by atoms with Gasteiger partial charge in [0.25, 0.3) is 0 Å². The van der Waals surface area contributed by atoms with E-state index in [1.54, 1.807) is 11.3 Å². The number of halogens is 1. The number of benzene rings is 1. The van der Waals surface area contributed by atoms with Crippen LogP contribution in [-0.4, -0.2) is 44.3 Å². The lowest BCUT2D eigenvalue weighted by Gasteiger charge is -2.23. The molecule has 2 aromatic heterocycles. The van der Waals surface area contributed by atoms with Gasteiger partial charge >= 0.3 is 8.53 Å². The Morgan fingerprint density at radius 2 is 2.06 bits per heavy atom. The number of hydrogen-bond donors (Lipinski definition) is 2. The van der Waals surface area contributed by atoms with Gasteiger partial charge in [0.05, 0.1) is 19.0 Å². The van der Waals surface area contributed by atoms with E-state index >= 15 is 0 Å². The topological polar surface area (TPSA) is 113 Å². The fourth-order valence-corrected chi connectivity index (χ4v) is 5.66. The van der Waals surface area contributed by atoms with E-state index in [1.807, 2.05) is 35.8 Å². The van der Waals surface area contributed by atoms with Crippen LogP contribution in [0.15, 0.2) is 36.9 Å². The van der Waals surface area contributed by atoms with E-state index in [2.05, 4.69) is 33.9 Å². The average Bonchev–Trinajstić information content (AvgIpc) is 3.25. The fourth-order valence-electron chi connectivity index (χ4n) is 4.09. The Morgan fingerprint density at radius 3 is 2.77 bits per heavy atom. The number of nitrogens with zero attached hydrogens (tertiary/aromatic N) is 5. The zero-order valence-corrected chi connectivity index (χ0v) is 21.7. The number of nitrogens with one attached hydrogen (secondary N) is 1. The minimum Gasteiger partial charge on any atom is -0.436 e. The number of imidazole rings is 1. The quantitative estimate of drug-likeness (QED) is 0.226. The number of aromatic nitrogens is 4. The van der Waals surface area contributed by atoms with Crippen molar-refractivity contribution in [1.29, 1.82) is 0 Å². The van der Waals surface area contributed by atoms with Crippen LogP contribution in [0.25, 0.3) is 11.2 Å². The summed E-state index contributed by atoms with van der Waals surface area (Å²) in [6, 6.07) is 7.32. The van der Waals surface area contributed by atoms with Gasteiger partial charge in [-0.25, -0.2) is 25.9 Å². The molecule has 0 bridgehead atoms. The van der Waals surface area contributed by atoms with Crippen LogP contribution in [0.3, 0.4) is 0 Å². The number of anilines is 1. The number of hydrazine groups is 1. The number of ether oxygens (including phenoxy) is 1. The zero-order chi connectivity index (χ0) is 24.6. The first-order valence-electron chi connectivity index (χ1n) is 11.8. The summed E-state index contributed by atoms with van der Waals surface area (Å²) in [5, 5.41) is 5.77. The van der Waals surface area contributed by atoms with Crippen molar-refractivity contribution in [1.82, 2.24) is 24.6 Å². The second-order valence-corrected chi connectivity index (χ2v) is 11.1. The Kier molecular flexibility index (Phi) is 7.12. The van der Waals surface area contributed by atoms with E-state index < -0.39 is 8.53 Å². The monoisotopic (exact) mass is 519 g/mol. The first-order valence-corrected chi connectivity index (χ1v) is 13.4. The van der Waals surface area contributed by atoms with Crippen LogP contribution in [0.4, 0.5) is 5.82 Å². The summed E-state index contributed by atoms with van der Waals surface area (Å²) in [6.45, 7) is 7.34. The molecule has 10 nitrogen and oxygen atoms in total. The molecular weight excluding hydrogens is 489 g/mol. The summed E-state index contributed by atoms with van der Waals surface area (Å²) in [7, 11) is -1.34. The molecule has 3 aromatic rings. The summed E-state index contributed by atoms with van der Waals surface area (Å²) in [5.74, 6) is 7.64. The van der Waals surface area contributed by atoms with Crippen molar-refractivity contribution in [2.24, 2.45) is 11.8 Å². The molecule has 2 aliphatic rings. The molecule has 1 aromatic carbocycles. The molecule has 12 heteroatoms. The molecule has 0 radical (unpaired) electrons. The normalized spacial score (nSPS) is 24.0. The van der Waals surface area contributed by atoms with Gasteiger partial charge in [-0.1, -0.05) is 18.5 Å². The summed E-state index contributed by atoms with van der Waals surface area (Å²) in [5.41, 5.74) is 1.43. The summed E-state index contributed by atoms with van der Waals surface area (Å²) in [4.78, 5) is 13.3. The highest BCUT2D eigenvalue weighted by Crippen LogP contribution is 2.46. The fraction of sp³-hybridized carbons (Fsp3) is 0.522. The maximum absolute atomic E-state index is 6.42. The van der Waals surface area contributed by atoms with Crippen LogP contribution in [0.5, 0.6) is 5.75 Å². The van der Waals surface area contributed by atoms with Gasteiger partial charge in [0, 0.05) is 23.0 Å². The third-order valence-corrected chi connectivity index (χ3v) is 8.16. The third-order valence-electron chi connectivity index (χ3n) is 6.42. The van der Waals surface area contributed by atoms with Gasteiger partial charge in [0.2, 0.25) is 0 Å². The molecule has 35 heavy (non-hydrogen) atoms. The van der Waals surface area contributed by atoms with Crippen LogP contribution in [0, 0.1) is 5.92 Å². The van der Waals surface area contributed by atoms with Gasteiger partial charge in [-0.3, -0.25) is 9.58 Å². The van der Waals surface area contributed by atoms with E-state index in [4.69, 9.17) is 31.2 Å². The van der Waals surface area contributed by atoms with Gasteiger partial charge in [-0.05, 0) is 57.4 Å². The van der Waals surface area contributed by atoms with Gasteiger partial charge in [0.15, 0.2) is 17.0 Å². The van der Waals surface area contributed by atoms with Crippen LogP contribution in [0.1, 0.15) is 46.3 Å². The predicted octanol–water partition coefficient (Wildman–Crippen LogP) is 4.57. The van der Waals surface area contributed by atoms with Gasteiger partial charge in [0.1, 0.15) is 18.3 Å². The number of fused-ring (bicyclic) bond motifs is 1. The van der Waals surface area contributed by atoms with Crippen molar-refractivity contribution in [2.75, 3.05) is 18.2 Å². The molecule has 1 aliphatic carbocycles. The molecule has 3 heterocycles. The van der Waals surface area contributed by atoms with E-state index in [9.17, 15) is 0 Å². The molecule has 1 saturated heterocycles. The van der Waals surface area contributed by atoms with Crippen LogP contribution < -0.4 is 20.5 Å². The standard InChI is InChI=1S/C23H31ClN7O3P/c1-4-31(25)21-19-20(26-13-27-21)30(14-28-19)22-15(2)11-18(33-22)12-32-35(29-23(3)9-10-23)34-17-7-5-16(24)6-8-17/h5-8,13-15,18,22,29H,4,9-12,25H2,1-3H3. The molecule has 0 spiro atoms. The molecule has 3 N–H and O–H groups in total.